The molecule has 2 amide bonds. The molecule has 0 saturated carbocycles. The molecule has 1 saturated heterocycles. The van der Waals surface area contributed by atoms with Crippen LogP contribution in [0.1, 0.15) is 20.3 Å². The Bertz CT molecular complexity index is 383. The van der Waals surface area contributed by atoms with E-state index in [9.17, 15) is 4.79 Å². The van der Waals surface area contributed by atoms with Gasteiger partial charge in [0.15, 0.2) is 0 Å². The van der Waals surface area contributed by atoms with Gasteiger partial charge in [0.2, 0.25) is 0 Å². The van der Waals surface area contributed by atoms with Gasteiger partial charge in [0.25, 0.3) is 0 Å². The molecule has 0 aromatic heterocycles. The van der Waals surface area contributed by atoms with Gasteiger partial charge in [0.1, 0.15) is 0 Å². The monoisotopic (exact) mass is 247 g/mol. The molecule has 0 spiro atoms. The molecule has 1 aromatic rings. The Morgan fingerprint density at radius 1 is 1.28 bits per heavy atom. The molecule has 0 bridgehead atoms. The van der Waals surface area contributed by atoms with Crippen LogP contribution in [0.2, 0.25) is 0 Å². The van der Waals surface area contributed by atoms with Crippen LogP contribution in [0, 0.1) is 5.92 Å². The van der Waals surface area contributed by atoms with Crippen LogP contribution >= 0.6 is 0 Å². The lowest BCUT2D eigenvalue weighted by atomic mass is 9.89. The third-order valence-electron chi connectivity index (χ3n) is 3.55. The van der Waals surface area contributed by atoms with Crippen molar-refractivity contribution in [2.75, 3.05) is 11.9 Å². The summed E-state index contributed by atoms with van der Waals surface area (Å²) in [6.07, 6.45) is 1.10. The zero-order chi connectivity index (χ0) is 13.0. The molecule has 98 valence electrons. The van der Waals surface area contributed by atoms with E-state index in [0.29, 0.717) is 12.0 Å². The largest absolute Gasteiger partial charge is 0.333 e. The van der Waals surface area contributed by atoms with Crippen LogP contribution < -0.4 is 16.0 Å². The lowest BCUT2D eigenvalue weighted by Gasteiger charge is -2.35. The quantitative estimate of drug-likeness (QED) is 0.750. The number of nitrogens with one attached hydrogen (secondary N) is 3. The van der Waals surface area contributed by atoms with E-state index in [2.05, 4.69) is 29.8 Å². The number of carbonyl (C=O) groups excluding carboxylic acids is 1. The first-order chi connectivity index (χ1) is 8.66. The maximum Gasteiger partial charge on any atom is 0.319 e. The van der Waals surface area contributed by atoms with E-state index in [4.69, 9.17) is 0 Å². The zero-order valence-corrected chi connectivity index (χ0v) is 10.9. The second kappa shape index (κ2) is 5.87. The highest BCUT2D eigenvalue weighted by molar-refractivity contribution is 5.89. The first-order valence-electron chi connectivity index (χ1n) is 6.53. The van der Waals surface area contributed by atoms with Crippen LogP contribution in [0.3, 0.4) is 0 Å². The van der Waals surface area contributed by atoms with Crippen molar-refractivity contribution in [3.63, 3.8) is 0 Å². The second-order valence-corrected chi connectivity index (χ2v) is 5.00. The van der Waals surface area contributed by atoms with Gasteiger partial charge >= 0.3 is 6.03 Å². The van der Waals surface area contributed by atoms with E-state index < -0.39 is 0 Å². The molecule has 1 heterocycles. The average Bonchev–Trinajstić information content (AvgIpc) is 2.35. The van der Waals surface area contributed by atoms with E-state index >= 15 is 0 Å². The molecule has 0 radical (unpaired) electrons. The topological polar surface area (TPSA) is 53.2 Å². The Labute approximate surface area is 108 Å². The smallest absolute Gasteiger partial charge is 0.319 e. The van der Waals surface area contributed by atoms with Crippen LogP contribution in [0.15, 0.2) is 30.3 Å². The summed E-state index contributed by atoms with van der Waals surface area (Å²) in [5.41, 5.74) is 0.819. The molecule has 3 unspecified atom stereocenters. The molecule has 4 nitrogen and oxygen atoms in total. The molecule has 1 aliphatic rings. The highest BCUT2D eigenvalue weighted by Gasteiger charge is 2.28. The van der Waals surface area contributed by atoms with Crippen molar-refractivity contribution in [2.45, 2.75) is 32.4 Å². The summed E-state index contributed by atoms with van der Waals surface area (Å²) >= 11 is 0. The van der Waals surface area contributed by atoms with Crippen molar-refractivity contribution in [3.05, 3.63) is 30.3 Å². The van der Waals surface area contributed by atoms with Gasteiger partial charge < -0.3 is 16.0 Å². The number of hydrogen-bond acceptors (Lipinski definition) is 2. The van der Waals surface area contributed by atoms with Crippen molar-refractivity contribution in [1.29, 1.82) is 0 Å². The van der Waals surface area contributed by atoms with Crippen molar-refractivity contribution in [3.8, 4) is 0 Å². The third-order valence-corrected chi connectivity index (χ3v) is 3.55. The lowest BCUT2D eigenvalue weighted by molar-refractivity contribution is 0.219. The summed E-state index contributed by atoms with van der Waals surface area (Å²) in [5.74, 6) is 0.503. The minimum Gasteiger partial charge on any atom is -0.333 e. The molecule has 3 N–H and O–H groups in total. The SMILES string of the molecule is CC1CCNC(C)C1NC(=O)Nc1ccccc1. The maximum absolute atomic E-state index is 11.9. The van der Waals surface area contributed by atoms with Crippen LogP contribution in [-0.4, -0.2) is 24.7 Å². The van der Waals surface area contributed by atoms with E-state index in [0.717, 1.165) is 18.7 Å². The fourth-order valence-electron chi connectivity index (χ4n) is 2.45. The second-order valence-electron chi connectivity index (χ2n) is 5.00. The molecule has 1 aromatic carbocycles. The van der Waals surface area contributed by atoms with E-state index in [-0.39, 0.29) is 12.1 Å². The van der Waals surface area contributed by atoms with Gasteiger partial charge in [-0.2, -0.15) is 0 Å². The number of carbonyl (C=O) groups is 1. The van der Waals surface area contributed by atoms with Crippen LogP contribution in [-0.2, 0) is 0 Å². The summed E-state index contributed by atoms with van der Waals surface area (Å²) in [4.78, 5) is 11.9. The molecule has 0 aliphatic carbocycles. The molecule has 3 atom stereocenters. The summed E-state index contributed by atoms with van der Waals surface area (Å²) in [5, 5.41) is 9.30. The normalized spacial score (nSPS) is 27.6. The molecule has 1 fully saturated rings. The lowest BCUT2D eigenvalue weighted by Crippen LogP contribution is -2.56. The van der Waals surface area contributed by atoms with Gasteiger partial charge in [-0.3, -0.25) is 0 Å². The van der Waals surface area contributed by atoms with Gasteiger partial charge in [-0.15, -0.1) is 0 Å². The van der Waals surface area contributed by atoms with Gasteiger partial charge in [-0.1, -0.05) is 25.1 Å². The number of piperidine rings is 1. The Hall–Kier alpha value is -1.55. The average molecular weight is 247 g/mol. The van der Waals surface area contributed by atoms with Gasteiger partial charge in [0.05, 0.1) is 0 Å². The van der Waals surface area contributed by atoms with Crippen molar-refractivity contribution < 1.29 is 4.79 Å². The van der Waals surface area contributed by atoms with Crippen molar-refractivity contribution in [2.24, 2.45) is 5.92 Å². The number of rotatable bonds is 2. The molecular formula is C14H21N3O. The van der Waals surface area contributed by atoms with Gasteiger partial charge in [0, 0.05) is 17.8 Å². The number of hydrogen-bond donors (Lipinski definition) is 3. The van der Waals surface area contributed by atoms with Gasteiger partial charge in [-0.25, -0.2) is 4.79 Å². The third kappa shape index (κ3) is 3.23. The maximum atomic E-state index is 11.9. The van der Waals surface area contributed by atoms with Crippen molar-refractivity contribution >= 4 is 11.7 Å². The number of urea groups is 1. The molecule has 18 heavy (non-hydrogen) atoms. The summed E-state index contributed by atoms with van der Waals surface area (Å²) in [6.45, 7) is 5.33. The minimum atomic E-state index is -0.131. The highest BCUT2D eigenvalue weighted by Crippen LogP contribution is 2.16. The molecule has 1 aliphatic heterocycles. The Morgan fingerprint density at radius 2 is 2.00 bits per heavy atom. The summed E-state index contributed by atoms with van der Waals surface area (Å²) in [7, 11) is 0. The molecular weight excluding hydrogens is 226 g/mol. The van der Waals surface area contributed by atoms with E-state index in [1.807, 2.05) is 30.3 Å². The number of anilines is 1. The molecule has 4 heteroatoms. The number of amides is 2. The fraction of sp³-hybridized carbons (Fsp3) is 0.500. The fourth-order valence-corrected chi connectivity index (χ4v) is 2.45. The standard InChI is InChI=1S/C14H21N3O/c1-10-8-9-15-11(2)13(10)17-14(18)16-12-6-4-3-5-7-12/h3-7,10-11,13,15H,8-9H2,1-2H3,(H2,16,17,18). The Morgan fingerprint density at radius 3 is 2.67 bits per heavy atom. The summed E-state index contributed by atoms with van der Waals surface area (Å²) in [6, 6.07) is 9.87. The summed E-state index contributed by atoms with van der Waals surface area (Å²) < 4.78 is 0. The first kappa shape index (κ1) is 12.9. The van der Waals surface area contributed by atoms with Gasteiger partial charge in [-0.05, 0) is 37.9 Å². The van der Waals surface area contributed by atoms with Crippen LogP contribution in [0.4, 0.5) is 10.5 Å². The Kier molecular flexibility index (Phi) is 4.20. The zero-order valence-electron chi connectivity index (χ0n) is 10.9. The predicted octanol–water partition coefficient (Wildman–Crippen LogP) is 2.19. The van der Waals surface area contributed by atoms with E-state index in [1.54, 1.807) is 0 Å². The van der Waals surface area contributed by atoms with Crippen LogP contribution in [0.25, 0.3) is 0 Å². The minimum absolute atomic E-state index is 0.131. The number of benzene rings is 1. The van der Waals surface area contributed by atoms with Crippen LogP contribution in [0.5, 0.6) is 0 Å². The Balaban J connectivity index is 1.90. The predicted molar refractivity (Wildman–Crippen MR) is 73.6 cm³/mol. The number of para-hydroxylation sites is 1. The molecule has 2 rings (SSSR count). The van der Waals surface area contributed by atoms with Crippen molar-refractivity contribution in [1.82, 2.24) is 10.6 Å². The van der Waals surface area contributed by atoms with E-state index in [1.165, 1.54) is 0 Å². The highest BCUT2D eigenvalue weighted by atomic mass is 16.2. The first-order valence-corrected chi connectivity index (χ1v) is 6.53.